The van der Waals surface area contributed by atoms with Crippen molar-refractivity contribution in [1.29, 1.82) is 0 Å². The second kappa shape index (κ2) is 9.09. The first-order valence-corrected chi connectivity index (χ1v) is 11.9. The predicted molar refractivity (Wildman–Crippen MR) is 118 cm³/mol. The highest BCUT2D eigenvalue weighted by molar-refractivity contribution is 7.90. The molecule has 0 radical (unpaired) electrons. The van der Waals surface area contributed by atoms with Crippen molar-refractivity contribution in [3.05, 3.63) is 71.4 Å². The van der Waals surface area contributed by atoms with Gasteiger partial charge < -0.3 is 13.9 Å². The molecule has 0 bridgehead atoms. The van der Waals surface area contributed by atoms with Gasteiger partial charge in [0.25, 0.3) is 5.91 Å². The first-order valence-electron chi connectivity index (χ1n) is 10.3. The Labute approximate surface area is 183 Å². The van der Waals surface area contributed by atoms with Crippen molar-refractivity contribution in [3.8, 4) is 0 Å². The Hall–Kier alpha value is -2.87. The number of furan rings is 1. The summed E-state index contributed by atoms with van der Waals surface area (Å²) in [6.07, 6.45) is 3.01. The van der Waals surface area contributed by atoms with E-state index < -0.39 is 9.84 Å². The number of benzene rings is 1. The highest BCUT2D eigenvalue weighted by atomic mass is 32.2. The number of hydrogen-bond donors (Lipinski definition) is 0. The van der Waals surface area contributed by atoms with E-state index in [1.54, 1.807) is 27.8 Å². The van der Waals surface area contributed by atoms with Crippen molar-refractivity contribution in [1.82, 2.24) is 14.5 Å². The largest absolute Gasteiger partial charge is 0.459 e. The maximum Gasteiger partial charge on any atom is 0.290 e. The maximum atomic E-state index is 13.2. The number of amides is 1. The van der Waals surface area contributed by atoms with Crippen LogP contribution in [0, 0.1) is 6.92 Å². The molecule has 0 aliphatic rings. The second-order valence-electron chi connectivity index (χ2n) is 8.24. The van der Waals surface area contributed by atoms with E-state index in [9.17, 15) is 13.2 Å². The molecule has 0 unspecified atom stereocenters. The molecular weight excluding hydrogens is 414 g/mol. The summed E-state index contributed by atoms with van der Waals surface area (Å²) in [5, 5.41) is 0.0206. The summed E-state index contributed by atoms with van der Waals surface area (Å²) in [7, 11) is -3.67. The molecule has 0 aliphatic heterocycles. The maximum absolute atomic E-state index is 13.2. The lowest BCUT2D eigenvalue weighted by Crippen LogP contribution is -2.37. The van der Waals surface area contributed by atoms with Crippen molar-refractivity contribution in [2.75, 3.05) is 0 Å². The van der Waals surface area contributed by atoms with Gasteiger partial charge in [-0.1, -0.05) is 29.8 Å². The fourth-order valence-electron chi connectivity index (χ4n) is 3.45. The minimum absolute atomic E-state index is 0.0206. The summed E-state index contributed by atoms with van der Waals surface area (Å²) in [4.78, 5) is 18.8. The van der Waals surface area contributed by atoms with Crippen LogP contribution in [0.5, 0.6) is 0 Å². The van der Waals surface area contributed by atoms with Crippen LogP contribution >= 0.6 is 0 Å². The number of imidazole rings is 1. The Balaban J connectivity index is 1.94. The Kier molecular flexibility index (Phi) is 6.69. The molecule has 2 aromatic heterocycles. The highest BCUT2D eigenvalue weighted by Gasteiger charge is 2.28. The fraction of sp³-hybridized carbons (Fsp3) is 0.391. The molecule has 0 fully saturated rings. The lowest BCUT2D eigenvalue weighted by molar-refractivity contribution is 0.0651. The van der Waals surface area contributed by atoms with Crippen molar-refractivity contribution in [2.45, 2.75) is 64.2 Å². The predicted octanol–water partition coefficient (Wildman–Crippen LogP) is 4.39. The van der Waals surface area contributed by atoms with E-state index in [0.717, 1.165) is 5.56 Å². The SMILES string of the molecule is Cc1ccc(CS(=O)(=O)c2ncc(CN(C(=O)c3ccco3)C(C)C)n2C(C)C)cc1. The quantitative estimate of drug-likeness (QED) is 0.515. The highest BCUT2D eigenvalue weighted by Crippen LogP contribution is 2.24. The molecule has 3 aromatic rings. The average Bonchev–Trinajstić information content (AvgIpc) is 3.37. The van der Waals surface area contributed by atoms with Gasteiger partial charge in [0.2, 0.25) is 15.0 Å². The number of hydrogen-bond acceptors (Lipinski definition) is 5. The van der Waals surface area contributed by atoms with Crippen molar-refractivity contribution in [2.24, 2.45) is 0 Å². The molecule has 166 valence electrons. The lowest BCUT2D eigenvalue weighted by Gasteiger charge is -2.27. The molecule has 0 atom stereocenters. The van der Waals surface area contributed by atoms with Crippen molar-refractivity contribution < 1.29 is 17.6 Å². The van der Waals surface area contributed by atoms with Crippen LogP contribution in [-0.2, 0) is 22.1 Å². The third kappa shape index (κ3) is 5.07. The second-order valence-corrected chi connectivity index (χ2v) is 10.1. The number of carbonyl (C=O) groups is 1. The number of sulfone groups is 1. The molecule has 0 spiro atoms. The van der Waals surface area contributed by atoms with Gasteiger partial charge in [-0.25, -0.2) is 13.4 Å². The summed E-state index contributed by atoms with van der Waals surface area (Å²) >= 11 is 0. The summed E-state index contributed by atoms with van der Waals surface area (Å²) in [6.45, 7) is 9.81. The van der Waals surface area contributed by atoms with E-state index in [0.29, 0.717) is 11.3 Å². The van der Waals surface area contributed by atoms with Gasteiger partial charge in [-0.3, -0.25) is 4.79 Å². The average molecular weight is 444 g/mol. The van der Waals surface area contributed by atoms with Crippen molar-refractivity contribution in [3.63, 3.8) is 0 Å². The van der Waals surface area contributed by atoms with Crippen LogP contribution in [0.2, 0.25) is 0 Å². The number of rotatable bonds is 8. The Morgan fingerprint density at radius 1 is 1.13 bits per heavy atom. The molecule has 8 heteroatoms. The third-order valence-corrected chi connectivity index (χ3v) is 6.63. The molecule has 0 saturated heterocycles. The first-order chi connectivity index (χ1) is 14.6. The molecule has 31 heavy (non-hydrogen) atoms. The van der Waals surface area contributed by atoms with Gasteiger partial charge >= 0.3 is 0 Å². The Morgan fingerprint density at radius 2 is 1.81 bits per heavy atom. The van der Waals surface area contributed by atoms with E-state index in [4.69, 9.17) is 4.42 Å². The van der Waals surface area contributed by atoms with Gasteiger partial charge in [0.05, 0.1) is 30.5 Å². The Morgan fingerprint density at radius 3 is 2.35 bits per heavy atom. The van der Waals surface area contributed by atoms with Gasteiger partial charge in [0.15, 0.2) is 5.76 Å². The van der Waals surface area contributed by atoms with Crippen LogP contribution in [0.3, 0.4) is 0 Å². The molecule has 7 nitrogen and oxygen atoms in total. The number of aromatic nitrogens is 2. The molecule has 0 N–H and O–H groups in total. The van der Waals surface area contributed by atoms with Gasteiger partial charge in [0.1, 0.15) is 0 Å². The molecular formula is C23H29N3O4S. The molecule has 2 heterocycles. The van der Waals surface area contributed by atoms with E-state index in [-0.39, 0.29) is 41.2 Å². The minimum atomic E-state index is -3.67. The fourth-order valence-corrected chi connectivity index (χ4v) is 5.05. The summed E-state index contributed by atoms with van der Waals surface area (Å²) in [6, 6.07) is 10.5. The smallest absolute Gasteiger partial charge is 0.290 e. The lowest BCUT2D eigenvalue weighted by atomic mass is 10.2. The van der Waals surface area contributed by atoms with Gasteiger partial charge in [0, 0.05) is 12.1 Å². The van der Waals surface area contributed by atoms with Crippen LogP contribution in [0.1, 0.15) is 61.1 Å². The van der Waals surface area contributed by atoms with Gasteiger partial charge in [-0.05, 0) is 52.3 Å². The van der Waals surface area contributed by atoms with Gasteiger partial charge in [-0.2, -0.15) is 0 Å². The number of nitrogens with zero attached hydrogens (tertiary/aromatic N) is 3. The molecule has 3 rings (SSSR count). The summed E-state index contributed by atoms with van der Waals surface area (Å²) < 4.78 is 33.3. The van der Waals surface area contributed by atoms with Crippen molar-refractivity contribution >= 4 is 15.7 Å². The van der Waals surface area contributed by atoms with E-state index in [1.165, 1.54) is 6.26 Å². The number of carbonyl (C=O) groups excluding carboxylic acids is 1. The normalized spacial score (nSPS) is 12.0. The zero-order valence-electron chi connectivity index (χ0n) is 18.6. The molecule has 1 aromatic carbocycles. The zero-order chi connectivity index (χ0) is 22.8. The summed E-state index contributed by atoms with van der Waals surface area (Å²) in [5.74, 6) is -0.132. The molecule has 0 aliphatic carbocycles. The van der Waals surface area contributed by atoms with E-state index >= 15 is 0 Å². The topological polar surface area (TPSA) is 85.4 Å². The first kappa shape index (κ1) is 22.8. The van der Waals surface area contributed by atoms with Crippen LogP contribution in [0.25, 0.3) is 0 Å². The van der Waals surface area contributed by atoms with Crippen LogP contribution in [-0.4, -0.2) is 34.8 Å². The monoisotopic (exact) mass is 443 g/mol. The van der Waals surface area contributed by atoms with Crippen LogP contribution in [0.15, 0.2) is 58.4 Å². The van der Waals surface area contributed by atoms with Gasteiger partial charge in [-0.15, -0.1) is 0 Å². The molecule has 1 amide bonds. The zero-order valence-corrected chi connectivity index (χ0v) is 19.4. The standard InChI is InChI=1S/C23H29N3O4S/c1-16(2)25(22(27)21-7-6-12-30-21)14-20-13-24-23(26(20)17(3)4)31(28,29)15-19-10-8-18(5)9-11-19/h6-13,16-17H,14-15H2,1-5H3. The van der Waals surface area contributed by atoms with E-state index in [1.807, 2.05) is 58.9 Å². The summed E-state index contributed by atoms with van der Waals surface area (Å²) in [5.41, 5.74) is 2.44. The number of aryl methyl sites for hydroxylation is 1. The van der Waals surface area contributed by atoms with Crippen LogP contribution in [0.4, 0.5) is 0 Å². The Bertz CT molecular complexity index is 1130. The van der Waals surface area contributed by atoms with E-state index in [2.05, 4.69) is 4.98 Å². The molecule has 0 saturated carbocycles. The minimum Gasteiger partial charge on any atom is -0.459 e. The third-order valence-electron chi connectivity index (χ3n) is 5.06. The van der Waals surface area contributed by atoms with Crippen LogP contribution < -0.4 is 0 Å².